The van der Waals surface area contributed by atoms with Crippen LogP contribution < -0.4 is 10.6 Å². The molecule has 0 radical (unpaired) electrons. The third kappa shape index (κ3) is 2.30. The van der Waals surface area contributed by atoms with Crippen molar-refractivity contribution < 1.29 is 9.18 Å². The van der Waals surface area contributed by atoms with E-state index in [1.54, 1.807) is 18.4 Å². The summed E-state index contributed by atoms with van der Waals surface area (Å²) in [5.74, 6) is -0.127. The topological polar surface area (TPSA) is 41.1 Å². The Balaban J connectivity index is 1.79. The summed E-state index contributed by atoms with van der Waals surface area (Å²) >= 11 is 0. The van der Waals surface area contributed by atoms with Crippen molar-refractivity contribution in [1.82, 2.24) is 10.6 Å². The van der Waals surface area contributed by atoms with Crippen LogP contribution in [0.1, 0.15) is 46.0 Å². The summed E-state index contributed by atoms with van der Waals surface area (Å²) < 4.78 is 14.5. The van der Waals surface area contributed by atoms with Crippen LogP contribution in [-0.4, -0.2) is 18.1 Å². The van der Waals surface area contributed by atoms with Gasteiger partial charge in [0.2, 0.25) is 5.91 Å². The molecular formula is C17H23FN2O. The first-order valence-corrected chi connectivity index (χ1v) is 7.85. The molecule has 21 heavy (non-hydrogen) atoms. The first kappa shape index (κ1) is 14.4. The molecule has 114 valence electrons. The summed E-state index contributed by atoms with van der Waals surface area (Å²) in [4.78, 5) is 12.6. The lowest BCUT2D eigenvalue weighted by molar-refractivity contribution is -0.119. The average molecular weight is 290 g/mol. The average Bonchev–Trinajstić information content (AvgIpc) is 2.84. The number of nitrogens with one attached hydrogen (secondary N) is 2. The van der Waals surface area contributed by atoms with Gasteiger partial charge in [0.25, 0.3) is 0 Å². The number of fused-ring (bicyclic) bond motifs is 1. The van der Waals surface area contributed by atoms with Gasteiger partial charge in [-0.1, -0.05) is 25.3 Å². The van der Waals surface area contributed by atoms with Gasteiger partial charge in [0.05, 0.1) is 5.41 Å². The summed E-state index contributed by atoms with van der Waals surface area (Å²) in [6, 6.07) is 0.238. The van der Waals surface area contributed by atoms with Crippen LogP contribution >= 0.6 is 0 Å². The molecule has 0 aromatic rings. The third-order valence-corrected chi connectivity index (χ3v) is 5.09. The fourth-order valence-electron chi connectivity index (χ4n) is 3.70. The molecule has 3 rings (SSSR count). The van der Waals surface area contributed by atoms with Gasteiger partial charge in [-0.15, -0.1) is 0 Å². The monoisotopic (exact) mass is 290 g/mol. The Hall–Kier alpha value is -1.58. The lowest BCUT2D eigenvalue weighted by Crippen LogP contribution is -2.43. The standard InChI is InChI=1S/C17H23FN2O/c1-11-8-9-14(18)17(2)13(10-19-15(11)17)16(21)20-12-6-4-3-5-7-12/h8-10,12,14,19H,3-7H2,1-2H3,(H,20,21). The van der Waals surface area contributed by atoms with E-state index < -0.39 is 11.6 Å². The first-order valence-electron chi connectivity index (χ1n) is 7.85. The summed E-state index contributed by atoms with van der Waals surface area (Å²) in [5.41, 5.74) is 1.44. The molecule has 3 aliphatic rings. The van der Waals surface area contributed by atoms with E-state index in [0.717, 1.165) is 37.0 Å². The minimum absolute atomic E-state index is 0.127. The van der Waals surface area contributed by atoms with Crippen LogP contribution in [0.3, 0.4) is 0 Å². The minimum atomic E-state index is -1.17. The summed E-state index contributed by atoms with van der Waals surface area (Å²) in [5, 5.41) is 6.21. The second-order valence-electron chi connectivity index (χ2n) is 6.53. The van der Waals surface area contributed by atoms with E-state index in [-0.39, 0.29) is 11.9 Å². The summed E-state index contributed by atoms with van der Waals surface area (Å²) in [6.45, 7) is 3.76. The SMILES string of the molecule is CC1=C2NC=C(C(=O)NC3CCCCC3)C2(C)C(F)C=C1. The van der Waals surface area contributed by atoms with Crippen molar-refractivity contribution >= 4 is 5.91 Å². The highest BCUT2D eigenvalue weighted by Gasteiger charge is 2.49. The number of halogens is 1. The van der Waals surface area contributed by atoms with Crippen LogP contribution in [0.15, 0.2) is 35.2 Å². The van der Waals surface area contributed by atoms with E-state index >= 15 is 0 Å². The zero-order valence-electron chi connectivity index (χ0n) is 12.7. The second kappa shape index (κ2) is 5.32. The van der Waals surface area contributed by atoms with Crippen LogP contribution in [0.4, 0.5) is 4.39 Å². The van der Waals surface area contributed by atoms with Crippen molar-refractivity contribution in [3.63, 3.8) is 0 Å². The van der Waals surface area contributed by atoms with Crippen molar-refractivity contribution in [3.8, 4) is 0 Å². The molecule has 0 saturated heterocycles. The molecule has 1 fully saturated rings. The summed E-state index contributed by atoms with van der Waals surface area (Å²) in [6.07, 6.45) is 9.48. The lowest BCUT2D eigenvalue weighted by Gasteiger charge is -2.34. The van der Waals surface area contributed by atoms with E-state index in [1.807, 2.05) is 13.8 Å². The van der Waals surface area contributed by atoms with Gasteiger partial charge in [-0.25, -0.2) is 4.39 Å². The van der Waals surface area contributed by atoms with Gasteiger partial charge < -0.3 is 10.6 Å². The maximum absolute atomic E-state index is 14.5. The fourth-order valence-corrected chi connectivity index (χ4v) is 3.70. The quantitative estimate of drug-likeness (QED) is 0.820. The predicted octanol–water partition coefficient (Wildman–Crippen LogP) is 3.11. The molecule has 2 unspecified atom stereocenters. The van der Waals surface area contributed by atoms with Crippen molar-refractivity contribution in [1.29, 1.82) is 0 Å². The summed E-state index contributed by atoms with van der Waals surface area (Å²) in [7, 11) is 0. The van der Waals surface area contributed by atoms with Gasteiger partial charge in [-0.2, -0.15) is 0 Å². The van der Waals surface area contributed by atoms with Crippen molar-refractivity contribution in [3.05, 3.63) is 35.2 Å². The highest BCUT2D eigenvalue weighted by atomic mass is 19.1. The van der Waals surface area contributed by atoms with Crippen molar-refractivity contribution in [2.45, 2.75) is 58.2 Å². The van der Waals surface area contributed by atoms with E-state index in [4.69, 9.17) is 0 Å². The largest absolute Gasteiger partial charge is 0.363 e. The molecule has 0 aromatic heterocycles. The van der Waals surface area contributed by atoms with Gasteiger partial charge in [0.1, 0.15) is 6.17 Å². The number of alkyl halides is 1. The van der Waals surface area contributed by atoms with Crippen LogP contribution in [0, 0.1) is 5.41 Å². The Morgan fingerprint density at radius 1 is 1.38 bits per heavy atom. The molecule has 1 heterocycles. The molecular weight excluding hydrogens is 267 g/mol. The van der Waals surface area contributed by atoms with Crippen LogP contribution in [0.25, 0.3) is 0 Å². The van der Waals surface area contributed by atoms with Gasteiger partial charge >= 0.3 is 0 Å². The Kier molecular flexibility index (Phi) is 3.64. The molecule has 1 amide bonds. The van der Waals surface area contributed by atoms with Gasteiger partial charge in [-0.3, -0.25) is 4.79 Å². The van der Waals surface area contributed by atoms with Crippen LogP contribution in [-0.2, 0) is 4.79 Å². The number of hydrogen-bond donors (Lipinski definition) is 2. The lowest BCUT2D eigenvalue weighted by atomic mass is 9.73. The van der Waals surface area contributed by atoms with Crippen LogP contribution in [0.5, 0.6) is 0 Å². The zero-order valence-corrected chi connectivity index (χ0v) is 12.7. The molecule has 2 N–H and O–H groups in total. The molecule has 2 atom stereocenters. The fraction of sp³-hybridized carbons (Fsp3) is 0.588. The van der Waals surface area contributed by atoms with E-state index in [2.05, 4.69) is 10.6 Å². The predicted molar refractivity (Wildman–Crippen MR) is 81.1 cm³/mol. The molecule has 1 saturated carbocycles. The van der Waals surface area contributed by atoms with Gasteiger partial charge in [0.15, 0.2) is 0 Å². The highest BCUT2D eigenvalue weighted by Crippen LogP contribution is 2.47. The molecule has 0 aromatic carbocycles. The first-order chi connectivity index (χ1) is 10.0. The van der Waals surface area contributed by atoms with E-state index in [0.29, 0.717) is 5.57 Å². The molecule has 1 aliphatic heterocycles. The number of amides is 1. The van der Waals surface area contributed by atoms with Crippen LogP contribution in [0.2, 0.25) is 0 Å². The number of rotatable bonds is 2. The minimum Gasteiger partial charge on any atom is -0.363 e. The maximum Gasteiger partial charge on any atom is 0.249 e. The van der Waals surface area contributed by atoms with E-state index in [9.17, 15) is 9.18 Å². The Labute approximate surface area is 125 Å². The Morgan fingerprint density at radius 3 is 2.81 bits per heavy atom. The number of allylic oxidation sites excluding steroid dienone is 4. The number of carbonyl (C=O) groups is 1. The highest BCUT2D eigenvalue weighted by molar-refractivity contribution is 5.97. The maximum atomic E-state index is 14.5. The number of hydrogen-bond acceptors (Lipinski definition) is 2. The molecule has 0 bridgehead atoms. The number of carbonyl (C=O) groups excluding carboxylic acids is 1. The molecule has 2 aliphatic carbocycles. The van der Waals surface area contributed by atoms with Crippen molar-refractivity contribution in [2.24, 2.45) is 5.41 Å². The molecule has 4 heteroatoms. The van der Waals surface area contributed by atoms with Crippen molar-refractivity contribution in [2.75, 3.05) is 0 Å². The van der Waals surface area contributed by atoms with Gasteiger partial charge in [-0.05, 0) is 38.3 Å². The second-order valence-corrected chi connectivity index (χ2v) is 6.53. The zero-order chi connectivity index (χ0) is 15.0. The third-order valence-electron chi connectivity index (χ3n) is 5.09. The normalized spacial score (nSPS) is 32.5. The molecule has 0 spiro atoms. The molecule has 3 nitrogen and oxygen atoms in total. The van der Waals surface area contributed by atoms with Gasteiger partial charge in [0, 0.05) is 23.5 Å². The van der Waals surface area contributed by atoms with E-state index in [1.165, 1.54) is 6.42 Å². The smallest absolute Gasteiger partial charge is 0.249 e. The Morgan fingerprint density at radius 2 is 2.10 bits per heavy atom. The Bertz CT molecular complexity index is 543.